The number of rotatable bonds is 8. The molecule has 30 heavy (non-hydrogen) atoms. The minimum Gasteiger partial charge on any atom is -0.374 e. The van der Waals surface area contributed by atoms with E-state index in [4.69, 9.17) is 16.3 Å². The second-order valence-corrected chi connectivity index (χ2v) is 7.74. The number of nitrogens with zero attached hydrogens (tertiary/aromatic N) is 1. The Morgan fingerprint density at radius 2 is 1.97 bits per heavy atom. The second-order valence-electron chi connectivity index (χ2n) is 7.33. The molecule has 0 bridgehead atoms. The maximum atomic E-state index is 12.1. The molecule has 1 aliphatic rings. The van der Waals surface area contributed by atoms with Gasteiger partial charge in [0.15, 0.2) is 0 Å². The van der Waals surface area contributed by atoms with E-state index in [0.29, 0.717) is 31.8 Å². The SMILES string of the molecule is Cc1ccc(CN2CCO[C@@H](CNC(=O)NCc3ccc(NC=O)cc3)C2)cc1Cl. The molecule has 0 saturated carbocycles. The number of nitrogens with one attached hydrogen (secondary N) is 3. The van der Waals surface area contributed by atoms with E-state index in [0.717, 1.165) is 35.8 Å². The first-order chi connectivity index (χ1) is 14.5. The highest BCUT2D eigenvalue weighted by Gasteiger charge is 2.21. The number of hydrogen-bond donors (Lipinski definition) is 3. The molecule has 2 aromatic carbocycles. The van der Waals surface area contributed by atoms with Gasteiger partial charge in [0.1, 0.15) is 0 Å². The summed E-state index contributed by atoms with van der Waals surface area (Å²) in [5.41, 5.74) is 3.90. The van der Waals surface area contributed by atoms with E-state index >= 15 is 0 Å². The zero-order valence-corrected chi connectivity index (χ0v) is 17.7. The average Bonchev–Trinajstić information content (AvgIpc) is 2.75. The first-order valence-corrected chi connectivity index (χ1v) is 10.3. The molecule has 3 rings (SSSR count). The van der Waals surface area contributed by atoms with Crippen LogP contribution in [0, 0.1) is 6.92 Å². The number of carbonyl (C=O) groups excluding carboxylic acids is 2. The number of amides is 3. The van der Waals surface area contributed by atoms with E-state index in [9.17, 15) is 9.59 Å². The van der Waals surface area contributed by atoms with Crippen LogP contribution in [0.25, 0.3) is 0 Å². The van der Waals surface area contributed by atoms with Crippen LogP contribution >= 0.6 is 11.6 Å². The molecule has 8 heteroatoms. The maximum Gasteiger partial charge on any atom is 0.315 e. The summed E-state index contributed by atoms with van der Waals surface area (Å²) in [6.45, 7) is 5.88. The lowest BCUT2D eigenvalue weighted by Crippen LogP contribution is -2.48. The lowest BCUT2D eigenvalue weighted by molar-refractivity contribution is -0.105. The number of carbonyl (C=O) groups is 2. The minimum atomic E-state index is -0.240. The lowest BCUT2D eigenvalue weighted by atomic mass is 10.1. The van der Waals surface area contributed by atoms with Gasteiger partial charge in [0.25, 0.3) is 0 Å². The Labute approximate surface area is 181 Å². The smallest absolute Gasteiger partial charge is 0.315 e. The third-order valence-corrected chi connectivity index (χ3v) is 5.40. The number of aryl methyl sites for hydroxylation is 1. The first kappa shape index (κ1) is 22.1. The van der Waals surface area contributed by atoms with Crippen LogP contribution < -0.4 is 16.0 Å². The van der Waals surface area contributed by atoms with Crippen LogP contribution in [0.5, 0.6) is 0 Å². The topological polar surface area (TPSA) is 82.7 Å². The number of ether oxygens (including phenoxy) is 1. The quantitative estimate of drug-likeness (QED) is 0.562. The van der Waals surface area contributed by atoms with Gasteiger partial charge >= 0.3 is 6.03 Å². The molecule has 3 N–H and O–H groups in total. The summed E-state index contributed by atoms with van der Waals surface area (Å²) in [5, 5.41) is 9.06. The monoisotopic (exact) mass is 430 g/mol. The summed E-state index contributed by atoms with van der Waals surface area (Å²) >= 11 is 6.23. The molecular weight excluding hydrogens is 404 g/mol. The third kappa shape index (κ3) is 6.73. The summed E-state index contributed by atoms with van der Waals surface area (Å²) in [6, 6.07) is 13.2. The van der Waals surface area contributed by atoms with Gasteiger partial charge in [-0.05, 0) is 41.8 Å². The molecule has 2 aromatic rings. The number of urea groups is 1. The Balaban J connectivity index is 1.39. The summed E-state index contributed by atoms with van der Waals surface area (Å²) in [6.07, 6.45) is 0.574. The molecule has 1 aliphatic heterocycles. The van der Waals surface area contributed by atoms with E-state index in [1.54, 1.807) is 12.1 Å². The van der Waals surface area contributed by atoms with Gasteiger partial charge in [-0.2, -0.15) is 0 Å². The van der Waals surface area contributed by atoms with Gasteiger partial charge in [0, 0.05) is 43.4 Å². The number of benzene rings is 2. The Kier molecular flexibility index (Phi) is 8.07. The summed E-state index contributed by atoms with van der Waals surface area (Å²) < 4.78 is 5.79. The molecule has 7 nitrogen and oxygen atoms in total. The fraction of sp³-hybridized carbons (Fsp3) is 0.364. The highest BCUT2D eigenvalue weighted by Crippen LogP contribution is 2.18. The molecule has 0 unspecified atom stereocenters. The number of halogens is 1. The van der Waals surface area contributed by atoms with Crippen molar-refractivity contribution >= 4 is 29.7 Å². The van der Waals surface area contributed by atoms with E-state index in [2.05, 4.69) is 26.9 Å². The molecule has 0 aromatic heterocycles. The van der Waals surface area contributed by atoms with Gasteiger partial charge in [-0.3, -0.25) is 9.69 Å². The van der Waals surface area contributed by atoms with Crippen molar-refractivity contribution in [3.05, 3.63) is 64.2 Å². The first-order valence-electron chi connectivity index (χ1n) is 9.93. The van der Waals surface area contributed by atoms with Crippen LogP contribution in [0.3, 0.4) is 0 Å². The van der Waals surface area contributed by atoms with Crippen molar-refractivity contribution in [2.75, 3.05) is 31.6 Å². The van der Waals surface area contributed by atoms with Gasteiger partial charge < -0.3 is 20.7 Å². The number of morpholine rings is 1. The summed E-state index contributed by atoms with van der Waals surface area (Å²) in [5.74, 6) is 0. The zero-order valence-electron chi connectivity index (χ0n) is 17.0. The third-order valence-electron chi connectivity index (χ3n) is 4.99. The van der Waals surface area contributed by atoms with Gasteiger partial charge in [0.05, 0.1) is 12.7 Å². The molecule has 3 amide bonds. The lowest BCUT2D eigenvalue weighted by Gasteiger charge is -2.33. The Morgan fingerprint density at radius 3 is 2.70 bits per heavy atom. The Bertz CT molecular complexity index is 860. The largest absolute Gasteiger partial charge is 0.374 e. The van der Waals surface area contributed by atoms with Crippen molar-refractivity contribution in [2.45, 2.75) is 26.1 Å². The van der Waals surface area contributed by atoms with Crippen LogP contribution in [0.2, 0.25) is 5.02 Å². The normalized spacial score (nSPS) is 16.7. The predicted octanol–water partition coefficient (Wildman–Crippen LogP) is 2.92. The van der Waals surface area contributed by atoms with Crippen molar-refractivity contribution < 1.29 is 14.3 Å². The molecule has 160 valence electrons. The molecule has 1 saturated heterocycles. The van der Waals surface area contributed by atoms with Gasteiger partial charge in [-0.1, -0.05) is 35.9 Å². The van der Waals surface area contributed by atoms with E-state index in [1.165, 1.54) is 5.56 Å². The maximum absolute atomic E-state index is 12.1. The van der Waals surface area contributed by atoms with Crippen molar-refractivity contribution in [3.63, 3.8) is 0 Å². The predicted molar refractivity (Wildman–Crippen MR) is 118 cm³/mol. The van der Waals surface area contributed by atoms with Crippen molar-refractivity contribution in [2.24, 2.45) is 0 Å². The van der Waals surface area contributed by atoms with E-state index in [1.807, 2.05) is 31.2 Å². The van der Waals surface area contributed by atoms with Crippen LogP contribution in [0.1, 0.15) is 16.7 Å². The van der Waals surface area contributed by atoms with Crippen LogP contribution in [0.4, 0.5) is 10.5 Å². The van der Waals surface area contributed by atoms with Gasteiger partial charge in [0.2, 0.25) is 6.41 Å². The number of hydrogen-bond acceptors (Lipinski definition) is 4. The summed E-state index contributed by atoms with van der Waals surface area (Å²) in [4.78, 5) is 24.8. The van der Waals surface area contributed by atoms with Crippen molar-refractivity contribution in [1.29, 1.82) is 0 Å². The molecule has 0 aliphatic carbocycles. The molecule has 1 atom stereocenters. The number of anilines is 1. The van der Waals surface area contributed by atoms with E-state index in [-0.39, 0.29) is 12.1 Å². The Hall–Kier alpha value is -2.61. The molecule has 1 fully saturated rings. The van der Waals surface area contributed by atoms with Crippen molar-refractivity contribution in [1.82, 2.24) is 15.5 Å². The summed E-state index contributed by atoms with van der Waals surface area (Å²) in [7, 11) is 0. The van der Waals surface area contributed by atoms with Crippen LogP contribution in [0.15, 0.2) is 42.5 Å². The standard InChI is InChI=1S/C22H27ClN4O3/c1-16-2-3-18(10-21(16)23)13-27-8-9-30-20(14-27)12-25-22(29)24-11-17-4-6-19(7-5-17)26-15-28/h2-7,10,15,20H,8-9,11-14H2,1H3,(H,26,28)(H2,24,25,29)/t20-/m0/s1. The second kappa shape index (κ2) is 11.0. The molecule has 0 radical (unpaired) electrons. The van der Waals surface area contributed by atoms with Gasteiger partial charge in [-0.25, -0.2) is 4.79 Å². The minimum absolute atomic E-state index is 0.0564. The molecule has 0 spiro atoms. The molecule has 1 heterocycles. The highest BCUT2D eigenvalue weighted by atomic mass is 35.5. The highest BCUT2D eigenvalue weighted by molar-refractivity contribution is 6.31. The molecular formula is C22H27ClN4O3. The average molecular weight is 431 g/mol. The van der Waals surface area contributed by atoms with Crippen LogP contribution in [-0.2, 0) is 22.6 Å². The van der Waals surface area contributed by atoms with E-state index < -0.39 is 0 Å². The fourth-order valence-corrected chi connectivity index (χ4v) is 3.48. The van der Waals surface area contributed by atoms with Crippen molar-refractivity contribution in [3.8, 4) is 0 Å². The zero-order chi connectivity index (χ0) is 21.3. The Morgan fingerprint density at radius 1 is 1.20 bits per heavy atom. The van der Waals surface area contributed by atoms with Gasteiger partial charge in [-0.15, -0.1) is 0 Å². The van der Waals surface area contributed by atoms with Crippen LogP contribution in [-0.4, -0.2) is 49.7 Å². The fourth-order valence-electron chi connectivity index (χ4n) is 3.28.